The molecule has 4 aromatic rings. The summed E-state index contributed by atoms with van der Waals surface area (Å²) in [4.78, 5) is 18.0. The predicted octanol–water partition coefficient (Wildman–Crippen LogP) is 6.35. The molecule has 0 fully saturated rings. The SMILES string of the molecule is C[C@@H](OCc1ccccc1)[C@H](OCc1ccccc1)[C@H](CN(C=O)OCc1ccccc1)OCc1ccccc1. The van der Waals surface area contributed by atoms with Crippen molar-refractivity contribution in [2.75, 3.05) is 6.54 Å². The Bertz CT molecular complexity index is 1220. The lowest BCUT2D eigenvalue weighted by molar-refractivity contribution is -0.207. The van der Waals surface area contributed by atoms with Crippen molar-refractivity contribution in [1.82, 2.24) is 5.06 Å². The number of hydrogen-bond acceptors (Lipinski definition) is 5. The Morgan fingerprint density at radius 3 is 1.43 bits per heavy atom. The van der Waals surface area contributed by atoms with Gasteiger partial charge < -0.3 is 14.2 Å². The van der Waals surface area contributed by atoms with Crippen LogP contribution in [0.5, 0.6) is 0 Å². The van der Waals surface area contributed by atoms with E-state index in [1.165, 1.54) is 5.06 Å². The summed E-state index contributed by atoms with van der Waals surface area (Å²) < 4.78 is 19.2. The molecular weight excluding hydrogens is 502 g/mol. The van der Waals surface area contributed by atoms with Gasteiger partial charge in [0, 0.05) is 0 Å². The van der Waals surface area contributed by atoms with Crippen molar-refractivity contribution in [2.45, 2.75) is 51.7 Å². The molecule has 0 aromatic heterocycles. The number of benzene rings is 4. The molecule has 0 aliphatic rings. The lowest BCUT2D eigenvalue weighted by Gasteiger charge is -2.34. The molecule has 4 rings (SSSR count). The van der Waals surface area contributed by atoms with E-state index < -0.39 is 12.2 Å². The van der Waals surface area contributed by atoms with E-state index in [9.17, 15) is 4.79 Å². The van der Waals surface area contributed by atoms with E-state index in [1.54, 1.807) is 0 Å². The summed E-state index contributed by atoms with van der Waals surface area (Å²) in [6, 6.07) is 39.7. The summed E-state index contributed by atoms with van der Waals surface area (Å²) in [6.45, 7) is 3.57. The second-order valence-corrected chi connectivity index (χ2v) is 9.56. The monoisotopic (exact) mass is 539 g/mol. The smallest absolute Gasteiger partial charge is 0.233 e. The van der Waals surface area contributed by atoms with Crippen LogP contribution in [0, 0.1) is 0 Å². The fourth-order valence-corrected chi connectivity index (χ4v) is 4.27. The first kappa shape index (κ1) is 29.2. The van der Waals surface area contributed by atoms with E-state index in [2.05, 4.69) is 0 Å². The van der Waals surface area contributed by atoms with Gasteiger partial charge in [0.05, 0.1) is 32.5 Å². The van der Waals surface area contributed by atoms with E-state index in [1.807, 2.05) is 128 Å². The summed E-state index contributed by atoms with van der Waals surface area (Å²) in [5.41, 5.74) is 4.10. The van der Waals surface area contributed by atoms with Gasteiger partial charge >= 0.3 is 0 Å². The maximum atomic E-state index is 12.1. The first-order chi connectivity index (χ1) is 19.7. The minimum atomic E-state index is -0.532. The maximum absolute atomic E-state index is 12.1. The van der Waals surface area contributed by atoms with Crippen molar-refractivity contribution in [2.24, 2.45) is 0 Å². The third-order valence-electron chi connectivity index (χ3n) is 6.49. The molecule has 4 aromatic carbocycles. The molecule has 208 valence electrons. The van der Waals surface area contributed by atoms with Gasteiger partial charge in [0.15, 0.2) is 0 Å². The lowest BCUT2D eigenvalue weighted by atomic mass is 10.1. The van der Waals surface area contributed by atoms with Crippen molar-refractivity contribution in [3.05, 3.63) is 144 Å². The molecule has 0 heterocycles. The molecule has 0 N–H and O–H groups in total. The van der Waals surface area contributed by atoms with Gasteiger partial charge in [-0.2, -0.15) is 0 Å². The van der Waals surface area contributed by atoms with E-state index in [0.29, 0.717) is 26.2 Å². The van der Waals surface area contributed by atoms with Gasteiger partial charge in [-0.3, -0.25) is 9.63 Å². The third-order valence-corrected chi connectivity index (χ3v) is 6.49. The second kappa shape index (κ2) is 16.3. The van der Waals surface area contributed by atoms with E-state index in [-0.39, 0.29) is 19.3 Å². The highest BCUT2D eigenvalue weighted by Gasteiger charge is 2.32. The molecular formula is C34H37NO5. The standard InChI is InChI=1S/C34H37NO5/c1-28(37-23-29-14-6-2-7-15-29)34(39-25-31-18-10-4-11-19-31)33(38-24-30-16-8-3-9-17-30)22-35(27-36)40-26-32-20-12-5-13-21-32/h2-21,27-28,33-34H,22-26H2,1H3/t28-,33+,34+/m1/s1. The average molecular weight is 540 g/mol. The summed E-state index contributed by atoms with van der Waals surface area (Å²) in [5, 5.41) is 1.28. The zero-order chi connectivity index (χ0) is 27.8. The highest BCUT2D eigenvalue weighted by molar-refractivity contribution is 5.45. The molecule has 0 radical (unpaired) electrons. The molecule has 0 saturated carbocycles. The molecule has 0 saturated heterocycles. The highest BCUT2D eigenvalue weighted by atomic mass is 16.7. The number of carbonyl (C=O) groups excluding carboxylic acids is 1. The molecule has 0 bridgehead atoms. The Kier molecular flexibility index (Phi) is 11.9. The Morgan fingerprint density at radius 2 is 0.975 bits per heavy atom. The van der Waals surface area contributed by atoms with Crippen molar-refractivity contribution in [3.63, 3.8) is 0 Å². The first-order valence-electron chi connectivity index (χ1n) is 13.6. The summed E-state index contributed by atoms with van der Waals surface area (Å²) in [7, 11) is 0. The number of amides is 1. The van der Waals surface area contributed by atoms with Crippen molar-refractivity contribution < 1.29 is 23.8 Å². The highest BCUT2D eigenvalue weighted by Crippen LogP contribution is 2.20. The number of nitrogens with zero attached hydrogens (tertiary/aromatic N) is 1. The third kappa shape index (κ3) is 9.74. The van der Waals surface area contributed by atoms with E-state index >= 15 is 0 Å². The van der Waals surface area contributed by atoms with Crippen LogP contribution in [-0.4, -0.2) is 36.3 Å². The lowest BCUT2D eigenvalue weighted by Crippen LogP contribution is -2.47. The summed E-state index contributed by atoms with van der Waals surface area (Å²) in [6.07, 6.45) is -0.677. The van der Waals surface area contributed by atoms with Gasteiger partial charge in [-0.05, 0) is 29.2 Å². The maximum Gasteiger partial charge on any atom is 0.233 e. The Morgan fingerprint density at radius 1 is 0.575 bits per heavy atom. The number of ether oxygens (including phenoxy) is 3. The molecule has 6 nitrogen and oxygen atoms in total. The largest absolute Gasteiger partial charge is 0.371 e. The fourth-order valence-electron chi connectivity index (χ4n) is 4.27. The molecule has 3 atom stereocenters. The van der Waals surface area contributed by atoms with Gasteiger partial charge in [0.25, 0.3) is 0 Å². The second-order valence-electron chi connectivity index (χ2n) is 9.56. The number of carbonyl (C=O) groups is 1. The van der Waals surface area contributed by atoms with Gasteiger partial charge in [-0.15, -0.1) is 0 Å². The molecule has 0 spiro atoms. The molecule has 1 amide bonds. The van der Waals surface area contributed by atoms with Crippen LogP contribution in [0.25, 0.3) is 0 Å². The van der Waals surface area contributed by atoms with Crippen LogP contribution >= 0.6 is 0 Å². The minimum absolute atomic E-state index is 0.168. The van der Waals surface area contributed by atoms with Crippen molar-refractivity contribution in [1.29, 1.82) is 0 Å². The van der Waals surface area contributed by atoms with E-state index in [4.69, 9.17) is 19.0 Å². The molecule has 6 heteroatoms. The van der Waals surface area contributed by atoms with Crippen molar-refractivity contribution >= 4 is 6.41 Å². The van der Waals surface area contributed by atoms with Crippen LogP contribution in [0.3, 0.4) is 0 Å². The number of hydroxylamine groups is 2. The van der Waals surface area contributed by atoms with Gasteiger partial charge in [-0.1, -0.05) is 121 Å². The predicted molar refractivity (Wildman–Crippen MR) is 155 cm³/mol. The van der Waals surface area contributed by atoms with Crippen LogP contribution in [0.2, 0.25) is 0 Å². The minimum Gasteiger partial charge on any atom is -0.371 e. The first-order valence-corrected chi connectivity index (χ1v) is 13.6. The molecule has 40 heavy (non-hydrogen) atoms. The van der Waals surface area contributed by atoms with Crippen LogP contribution in [0.1, 0.15) is 29.2 Å². The van der Waals surface area contributed by atoms with Crippen LogP contribution in [0.4, 0.5) is 0 Å². The number of hydrogen-bond donors (Lipinski definition) is 0. The van der Waals surface area contributed by atoms with Crippen LogP contribution in [-0.2, 0) is 50.3 Å². The molecule has 0 aliphatic carbocycles. The van der Waals surface area contributed by atoms with Gasteiger partial charge in [-0.25, -0.2) is 5.06 Å². The Hall–Kier alpha value is -3.81. The van der Waals surface area contributed by atoms with Crippen LogP contribution in [0.15, 0.2) is 121 Å². The molecule has 0 aliphatic heterocycles. The normalized spacial score (nSPS) is 13.3. The topological polar surface area (TPSA) is 57.2 Å². The molecule has 0 unspecified atom stereocenters. The van der Waals surface area contributed by atoms with E-state index in [0.717, 1.165) is 22.3 Å². The quantitative estimate of drug-likeness (QED) is 0.116. The van der Waals surface area contributed by atoms with Crippen LogP contribution < -0.4 is 0 Å². The summed E-state index contributed by atoms with van der Waals surface area (Å²) in [5.74, 6) is 0. The summed E-state index contributed by atoms with van der Waals surface area (Å²) >= 11 is 0. The van der Waals surface area contributed by atoms with Crippen molar-refractivity contribution in [3.8, 4) is 0 Å². The van der Waals surface area contributed by atoms with Gasteiger partial charge in [0.1, 0.15) is 18.8 Å². The van der Waals surface area contributed by atoms with Gasteiger partial charge in [0.2, 0.25) is 6.41 Å². The zero-order valence-corrected chi connectivity index (χ0v) is 22.9. The fraction of sp³-hybridized carbons (Fsp3) is 0.265. The number of rotatable bonds is 17. The Labute approximate surface area is 237 Å². The zero-order valence-electron chi connectivity index (χ0n) is 22.9. The Balaban J connectivity index is 1.52. The average Bonchev–Trinajstić information content (AvgIpc) is 3.02.